The van der Waals surface area contributed by atoms with Gasteiger partial charge >= 0.3 is 0 Å². The highest BCUT2D eigenvalue weighted by Crippen LogP contribution is 2.26. The van der Waals surface area contributed by atoms with Gasteiger partial charge in [0.1, 0.15) is 11.2 Å². The van der Waals surface area contributed by atoms with Crippen molar-refractivity contribution < 1.29 is 4.39 Å². The number of hydrogen-bond donors (Lipinski definition) is 0. The van der Waals surface area contributed by atoms with Gasteiger partial charge in [-0.1, -0.05) is 48.5 Å². The molecule has 0 amide bonds. The van der Waals surface area contributed by atoms with Crippen molar-refractivity contribution in [2.24, 2.45) is 0 Å². The zero-order valence-corrected chi connectivity index (χ0v) is 16.2. The Balaban J connectivity index is 1.91. The smallest absolute Gasteiger partial charge is 0.268 e. The number of aromatic nitrogens is 4. The van der Waals surface area contributed by atoms with Gasteiger partial charge in [0.15, 0.2) is 11.5 Å². The normalized spacial score (nSPS) is 11.1. The van der Waals surface area contributed by atoms with Crippen molar-refractivity contribution in [1.82, 2.24) is 19.3 Å². The van der Waals surface area contributed by atoms with Crippen molar-refractivity contribution in [3.8, 4) is 22.8 Å². The summed E-state index contributed by atoms with van der Waals surface area (Å²) in [5.41, 5.74) is 2.65. The van der Waals surface area contributed by atoms with Crippen LogP contribution in [0.25, 0.3) is 33.8 Å². The molecule has 0 saturated heterocycles. The fraction of sp³-hybridized carbons (Fsp3) is 0.0417. The number of rotatable bonds is 3. The molecular formula is C24H17FN4O. The molecule has 5 rings (SSSR count). The van der Waals surface area contributed by atoms with E-state index in [0.717, 1.165) is 11.3 Å². The van der Waals surface area contributed by atoms with Crippen molar-refractivity contribution in [2.75, 3.05) is 0 Å². The lowest BCUT2D eigenvalue weighted by atomic mass is 10.1. The van der Waals surface area contributed by atoms with Gasteiger partial charge in [-0.05, 0) is 42.8 Å². The molecule has 6 heteroatoms. The van der Waals surface area contributed by atoms with Crippen LogP contribution in [0.3, 0.4) is 0 Å². The molecular weight excluding hydrogens is 379 g/mol. The van der Waals surface area contributed by atoms with E-state index in [0.29, 0.717) is 16.7 Å². The SMILES string of the molecule is Cc1ccccc1-n1c(-c2ccccc2F)nc2c(cnn2-c2ccccc2)c1=O. The number of benzene rings is 3. The third-order valence-corrected chi connectivity index (χ3v) is 5.07. The van der Waals surface area contributed by atoms with Crippen LogP contribution in [-0.4, -0.2) is 19.3 Å². The molecule has 146 valence electrons. The third kappa shape index (κ3) is 2.81. The van der Waals surface area contributed by atoms with Gasteiger partial charge in [0.2, 0.25) is 0 Å². The maximum atomic E-state index is 14.8. The zero-order chi connectivity index (χ0) is 20.7. The van der Waals surface area contributed by atoms with Crippen molar-refractivity contribution in [1.29, 1.82) is 0 Å². The van der Waals surface area contributed by atoms with E-state index in [1.54, 1.807) is 22.9 Å². The summed E-state index contributed by atoms with van der Waals surface area (Å²) in [5, 5.41) is 4.75. The summed E-state index contributed by atoms with van der Waals surface area (Å²) in [4.78, 5) is 18.3. The summed E-state index contributed by atoms with van der Waals surface area (Å²) in [7, 11) is 0. The number of para-hydroxylation sites is 2. The average molecular weight is 396 g/mol. The molecule has 0 aliphatic heterocycles. The van der Waals surface area contributed by atoms with Crippen LogP contribution in [0, 0.1) is 12.7 Å². The minimum absolute atomic E-state index is 0.234. The van der Waals surface area contributed by atoms with Crippen LogP contribution in [0.5, 0.6) is 0 Å². The lowest BCUT2D eigenvalue weighted by Crippen LogP contribution is -2.23. The molecule has 0 atom stereocenters. The molecule has 0 spiro atoms. The summed E-state index contributed by atoms with van der Waals surface area (Å²) in [5.74, 6) is -0.213. The lowest BCUT2D eigenvalue weighted by Gasteiger charge is -2.15. The Morgan fingerprint density at radius 1 is 0.867 bits per heavy atom. The maximum Gasteiger partial charge on any atom is 0.269 e. The Morgan fingerprint density at radius 2 is 1.57 bits per heavy atom. The van der Waals surface area contributed by atoms with E-state index in [-0.39, 0.29) is 16.9 Å². The molecule has 30 heavy (non-hydrogen) atoms. The first-order chi connectivity index (χ1) is 14.6. The Labute approximate surface area is 171 Å². The standard InChI is InChI=1S/C24H17FN4O/c1-16-9-5-8-14-21(16)28-22(18-12-6-7-13-20(18)25)27-23-19(24(28)30)15-26-29(23)17-10-3-2-4-11-17/h2-15H,1H3. The molecule has 0 unspecified atom stereocenters. The van der Waals surface area contributed by atoms with E-state index in [2.05, 4.69) is 5.10 Å². The molecule has 0 aliphatic carbocycles. The van der Waals surface area contributed by atoms with Crippen molar-refractivity contribution in [3.63, 3.8) is 0 Å². The lowest BCUT2D eigenvalue weighted by molar-refractivity contribution is 0.629. The topological polar surface area (TPSA) is 52.7 Å². The second-order valence-corrected chi connectivity index (χ2v) is 6.97. The van der Waals surface area contributed by atoms with Gasteiger partial charge in [-0.15, -0.1) is 0 Å². The second kappa shape index (κ2) is 7.08. The molecule has 0 N–H and O–H groups in total. The minimum Gasteiger partial charge on any atom is -0.268 e. The van der Waals surface area contributed by atoms with Gasteiger partial charge in [-0.2, -0.15) is 5.10 Å². The van der Waals surface area contributed by atoms with Crippen LogP contribution in [0.2, 0.25) is 0 Å². The van der Waals surface area contributed by atoms with Crippen LogP contribution in [0.1, 0.15) is 5.56 Å². The number of nitrogens with zero attached hydrogens (tertiary/aromatic N) is 4. The summed E-state index contributed by atoms with van der Waals surface area (Å²) in [6, 6.07) is 23.2. The minimum atomic E-state index is -0.447. The highest BCUT2D eigenvalue weighted by Gasteiger charge is 2.20. The van der Waals surface area contributed by atoms with Gasteiger partial charge in [0, 0.05) is 0 Å². The predicted molar refractivity (Wildman–Crippen MR) is 115 cm³/mol. The molecule has 5 nitrogen and oxygen atoms in total. The molecule has 3 aromatic carbocycles. The molecule has 5 aromatic rings. The second-order valence-electron chi connectivity index (χ2n) is 6.97. The van der Waals surface area contributed by atoms with Crippen molar-refractivity contribution in [3.05, 3.63) is 107 Å². The largest absolute Gasteiger partial charge is 0.269 e. The Kier molecular flexibility index (Phi) is 4.25. The van der Waals surface area contributed by atoms with Crippen LogP contribution >= 0.6 is 0 Å². The van der Waals surface area contributed by atoms with Crippen LogP contribution < -0.4 is 5.56 Å². The quantitative estimate of drug-likeness (QED) is 0.445. The van der Waals surface area contributed by atoms with E-state index in [1.165, 1.54) is 16.8 Å². The Hall–Kier alpha value is -4.06. The average Bonchev–Trinajstić information content (AvgIpc) is 3.20. The molecule has 2 aromatic heterocycles. The van der Waals surface area contributed by atoms with Gasteiger partial charge in [-0.25, -0.2) is 14.1 Å². The Morgan fingerprint density at radius 3 is 2.33 bits per heavy atom. The summed E-state index contributed by atoms with van der Waals surface area (Å²) < 4.78 is 17.8. The van der Waals surface area contributed by atoms with Crippen LogP contribution in [-0.2, 0) is 0 Å². The summed E-state index contributed by atoms with van der Waals surface area (Å²) >= 11 is 0. The predicted octanol–water partition coefficient (Wildman–Crippen LogP) is 4.69. The van der Waals surface area contributed by atoms with Gasteiger partial charge in [0.05, 0.1) is 23.1 Å². The van der Waals surface area contributed by atoms with Gasteiger partial charge < -0.3 is 0 Å². The first-order valence-electron chi connectivity index (χ1n) is 9.52. The molecule has 0 saturated carbocycles. The molecule has 0 bridgehead atoms. The van der Waals surface area contributed by atoms with E-state index in [9.17, 15) is 9.18 Å². The van der Waals surface area contributed by atoms with Crippen LogP contribution in [0.4, 0.5) is 4.39 Å². The highest BCUT2D eigenvalue weighted by atomic mass is 19.1. The van der Waals surface area contributed by atoms with E-state index < -0.39 is 5.82 Å². The fourth-order valence-corrected chi connectivity index (χ4v) is 3.59. The number of fused-ring (bicyclic) bond motifs is 1. The summed E-state index contributed by atoms with van der Waals surface area (Å²) in [6.45, 7) is 1.91. The van der Waals surface area contributed by atoms with Crippen LogP contribution in [0.15, 0.2) is 89.9 Å². The zero-order valence-electron chi connectivity index (χ0n) is 16.2. The third-order valence-electron chi connectivity index (χ3n) is 5.07. The van der Waals surface area contributed by atoms with Crippen molar-refractivity contribution >= 4 is 11.0 Å². The van der Waals surface area contributed by atoms with E-state index in [4.69, 9.17) is 4.98 Å². The summed E-state index contributed by atoms with van der Waals surface area (Å²) in [6.07, 6.45) is 1.51. The van der Waals surface area contributed by atoms with Gasteiger partial charge in [-0.3, -0.25) is 9.36 Å². The first kappa shape index (κ1) is 18.0. The number of hydrogen-bond acceptors (Lipinski definition) is 3. The molecule has 0 aliphatic rings. The molecule has 2 heterocycles. The van der Waals surface area contributed by atoms with E-state index in [1.807, 2.05) is 61.5 Å². The fourth-order valence-electron chi connectivity index (χ4n) is 3.59. The van der Waals surface area contributed by atoms with E-state index >= 15 is 0 Å². The highest BCUT2D eigenvalue weighted by molar-refractivity contribution is 5.79. The maximum absolute atomic E-state index is 14.8. The number of halogens is 1. The first-order valence-corrected chi connectivity index (χ1v) is 9.52. The Bertz CT molecular complexity index is 1440. The monoisotopic (exact) mass is 396 g/mol. The van der Waals surface area contributed by atoms with Gasteiger partial charge in [0.25, 0.3) is 5.56 Å². The molecule has 0 radical (unpaired) electrons. The van der Waals surface area contributed by atoms with Crippen molar-refractivity contribution in [2.45, 2.75) is 6.92 Å². The number of aryl methyl sites for hydroxylation is 1. The molecule has 0 fully saturated rings.